The van der Waals surface area contributed by atoms with Gasteiger partial charge in [0, 0.05) is 10.9 Å². The molecular formula is C25H22N8O2. The van der Waals surface area contributed by atoms with Gasteiger partial charge >= 0.3 is 0 Å². The largest absolute Gasteiger partial charge is 0.478 e. The summed E-state index contributed by atoms with van der Waals surface area (Å²) in [7, 11) is 0. The number of fused-ring (bicyclic) bond motifs is 3. The van der Waals surface area contributed by atoms with Crippen molar-refractivity contribution in [1.82, 2.24) is 29.7 Å². The smallest absolute Gasteiger partial charge is 0.292 e. The molecule has 6 rings (SSSR count). The second-order valence-electron chi connectivity index (χ2n) is 8.22. The van der Waals surface area contributed by atoms with Crippen LogP contribution >= 0.6 is 0 Å². The standard InChI is InChI=1S/C25H22N8O2/c1-3-34-24-19-13(2)5-4-6-14(19)9-16(30-24)11-33-23-20(22(26)28-12-29-23)21(32-33)15-7-8-18-17(10-15)31-25(27)35-18/h4-10,12H,3,11H2,1-2H3,(H2,27,31)(H2,26,28,29). The van der Waals surface area contributed by atoms with E-state index in [0.717, 1.165) is 27.6 Å². The van der Waals surface area contributed by atoms with E-state index >= 15 is 0 Å². The minimum absolute atomic E-state index is 0.109. The van der Waals surface area contributed by atoms with Crippen LogP contribution in [0.25, 0.3) is 44.2 Å². The van der Waals surface area contributed by atoms with Crippen molar-refractivity contribution in [3.05, 3.63) is 60.0 Å². The van der Waals surface area contributed by atoms with Crippen molar-refractivity contribution in [2.24, 2.45) is 0 Å². The van der Waals surface area contributed by atoms with Gasteiger partial charge in [0.15, 0.2) is 11.2 Å². The van der Waals surface area contributed by atoms with Gasteiger partial charge in [0.1, 0.15) is 23.4 Å². The number of aryl methyl sites for hydroxylation is 1. The van der Waals surface area contributed by atoms with Crippen molar-refractivity contribution in [2.45, 2.75) is 20.4 Å². The number of aromatic nitrogens is 6. The fourth-order valence-electron chi connectivity index (χ4n) is 4.41. The molecule has 0 amide bonds. The van der Waals surface area contributed by atoms with Crippen molar-refractivity contribution >= 4 is 44.7 Å². The van der Waals surface area contributed by atoms with Gasteiger partial charge in [-0.1, -0.05) is 18.2 Å². The van der Waals surface area contributed by atoms with Crippen LogP contribution in [0.4, 0.5) is 11.8 Å². The summed E-state index contributed by atoms with van der Waals surface area (Å²) < 4.78 is 13.1. The number of oxazole rings is 1. The topological polar surface area (TPSA) is 144 Å². The maximum absolute atomic E-state index is 6.28. The molecule has 0 saturated heterocycles. The van der Waals surface area contributed by atoms with Crippen LogP contribution in [0.3, 0.4) is 0 Å². The Morgan fingerprint density at radius 3 is 2.77 bits per heavy atom. The van der Waals surface area contributed by atoms with Gasteiger partial charge in [0.2, 0.25) is 5.88 Å². The van der Waals surface area contributed by atoms with Gasteiger partial charge in [-0.2, -0.15) is 10.1 Å². The van der Waals surface area contributed by atoms with Gasteiger partial charge in [0.25, 0.3) is 6.01 Å². The summed E-state index contributed by atoms with van der Waals surface area (Å²) in [6.07, 6.45) is 1.43. The van der Waals surface area contributed by atoms with Crippen molar-refractivity contribution < 1.29 is 9.15 Å². The molecule has 0 radical (unpaired) electrons. The molecular weight excluding hydrogens is 444 g/mol. The molecule has 0 aliphatic heterocycles. The summed E-state index contributed by atoms with van der Waals surface area (Å²) in [6.45, 7) is 4.90. The highest BCUT2D eigenvalue weighted by Gasteiger charge is 2.19. The zero-order valence-corrected chi connectivity index (χ0v) is 19.2. The van der Waals surface area contributed by atoms with E-state index in [1.807, 2.05) is 31.2 Å². The zero-order valence-electron chi connectivity index (χ0n) is 19.2. The predicted octanol–water partition coefficient (Wildman–Crippen LogP) is 4.10. The molecule has 4 heterocycles. The molecule has 0 atom stereocenters. The quantitative estimate of drug-likeness (QED) is 0.383. The number of benzene rings is 2. The number of pyridine rings is 1. The van der Waals surface area contributed by atoms with Crippen LogP contribution in [-0.2, 0) is 6.54 Å². The van der Waals surface area contributed by atoms with Crippen LogP contribution in [-0.4, -0.2) is 36.3 Å². The lowest BCUT2D eigenvalue weighted by molar-refractivity contribution is 0.330. The summed E-state index contributed by atoms with van der Waals surface area (Å²) in [5.41, 5.74) is 17.2. The third kappa shape index (κ3) is 3.46. The lowest BCUT2D eigenvalue weighted by atomic mass is 10.1. The molecule has 0 saturated carbocycles. The van der Waals surface area contributed by atoms with Gasteiger partial charge in [-0.3, -0.25) is 0 Å². The summed E-state index contributed by atoms with van der Waals surface area (Å²) in [5, 5.41) is 7.59. The number of ether oxygens (including phenoxy) is 1. The molecule has 0 aliphatic carbocycles. The fraction of sp³-hybridized carbons (Fsp3) is 0.160. The highest BCUT2D eigenvalue weighted by molar-refractivity contribution is 5.99. The fourth-order valence-corrected chi connectivity index (χ4v) is 4.41. The van der Waals surface area contributed by atoms with E-state index < -0.39 is 0 Å². The van der Waals surface area contributed by atoms with Crippen LogP contribution in [0.15, 0.2) is 53.2 Å². The van der Waals surface area contributed by atoms with Crippen LogP contribution in [0.1, 0.15) is 18.2 Å². The first-order valence-corrected chi connectivity index (χ1v) is 11.2. The molecule has 0 aliphatic rings. The minimum Gasteiger partial charge on any atom is -0.478 e. The van der Waals surface area contributed by atoms with Gasteiger partial charge in [-0.05, 0) is 49.1 Å². The van der Waals surface area contributed by atoms with E-state index in [4.69, 9.17) is 30.7 Å². The number of nitrogens with two attached hydrogens (primary N) is 2. The van der Waals surface area contributed by atoms with E-state index in [1.54, 1.807) is 10.7 Å². The molecule has 0 unspecified atom stereocenters. The van der Waals surface area contributed by atoms with Crippen LogP contribution in [0.2, 0.25) is 0 Å². The normalized spacial score (nSPS) is 11.6. The molecule has 0 fully saturated rings. The number of hydrogen-bond donors (Lipinski definition) is 2. The van der Waals surface area contributed by atoms with Gasteiger partial charge in [0.05, 0.1) is 24.2 Å². The molecule has 4 aromatic heterocycles. The Morgan fingerprint density at radius 1 is 1.03 bits per heavy atom. The van der Waals surface area contributed by atoms with Crippen LogP contribution in [0, 0.1) is 6.92 Å². The maximum atomic E-state index is 6.28. The highest BCUT2D eigenvalue weighted by atomic mass is 16.5. The molecule has 10 heteroatoms. The van der Waals surface area contributed by atoms with Gasteiger partial charge in [-0.25, -0.2) is 19.6 Å². The molecule has 4 N–H and O–H groups in total. The second-order valence-corrected chi connectivity index (χ2v) is 8.22. The average Bonchev–Trinajstić information content (AvgIpc) is 3.39. The number of anilines is 2. The molecule has 10 nitrogen and oxygen atoms in total. The third-order valence-corrected chi connectivity index (χ3v) is 5.92. The van der Waals surface area contributed by atoms with Crippen molar-refractivity contribution in [3.8, 4) is 17.1 Å². The van der Waals surface area contributed by atoms with E-state index in [0.29, 0.717) is 52.7 Å². The number of nitrogens with zero attached hydrogens (tertiary/aromatic N) is 6. The average molecular weight is 467 g/mol. The molecule has 2 aromatic carbocycles. The van der Waals surface area contributed by atoms with Gasteiger partial charge < -0.3 is 20.6 Å². The van der Waals surface area contributed by atoms with Crippen LogP contribution in [0.5, 0.6) is 5.88 Å². The van der Waals surface area contributed by atoms with Gasteiger partial charge in [-0.15, -0.1) is 0 Å². The lowest BCUT2D eigenvalue weighted by Gasteiger charge is -2.12. The molecule has 174 valence electrons. The number of nitrogen functional groups attached to an aromatic ring is 2. The first-order valence-electron chi connectivity index (χ1n) is 11.2. The summed E-state index contributed by atoms with van der Waals surface area (Å²) >= 11 is 0. The number of hydrogen-bond acceptors (Lipinski definition) is 9. The Bertz CT molecular complexity index is 1740. The minimum atomic E-state index is 0.109. The Balaban J connectivity index is 1.50. The summed E-state index contributed by atoms with van der Waals surface area (Å²) in [5.74, 6) is 0.950. The monoisotopic (exact) mass is 466 g/mol. The van der Waals surface area contributed by atoms with E-state index in [-0.39, 0.29) is 6.01 Å². The Kier molecular flexibility index (Phi) is 4.73. The summed E-state index contributed by atoms with van der Waals surface area (Å²) in [6, 6.07) is 13.8. The van der Waals surface area contributed by atoms with Crippen molar-refractivity contribution in [1.29, 1.82) is 0 Å². The first kappa shape index (κ1) is 20.8. The molecule has 6 aromatic rings. The predicted molar refractivity (Wildman–Crippen MR) is 134 cm³/mol. The SMILES string of the molecule is CCOc1nc(Cn2nc(-c3ccc4oc(N)nc4c3)c3c(N)ncnc32)cc2cccc(C)c12. The first-order chi connectivity index (χ1) is 17.0. The van der Waals surface area contributed by atoms with E-state index in [9.17, 15) is 0 Å². The van der Waals surface area contributed by atoms with E-state index in [2.05, 4.69) is 34.0 Å². The summed E-state index contributed by atoms with van der Waals surface area (Å²) in [4.78, 5) is 17.7. The number of rotatable bonds is 5. The van der Waals surface area contributed by atoms with Crippen LogP contribution < -0.4 is 16.2 Å². The maximum Gasteiger partial charge on any atom is 0.292 e. The molecule has 0 bridgehead atoms. The Labute approximate surface area is 199 Å². The zero-order chi connectivity index (χ0) is 24.1. The Hall–Kier alpha value is -4.73. The van der Waals surface area contributed by atoms with Crippen molar-refractivity contribution in [3.63, 3.8) is 0 Å². The molecule has 0 spiro atoms. The molecule has 35 heavy (non-hydrogen) atoms. The van der Waals surface area contributed by atoms with E-state index in [1.165, 1.54) is 6.33 Å². The third-order valence-electron chi connectivity index (χ3n) is 5.92. The lowest BCUT2D eigenvalue weighted by Crippen LogP contribution is -2.07. The second kappa shape index (κ2) is 7.94. The Morgan fingerprint density at radius 2 is 1.91 bits per heavy atom. The highest BCUT2D eigenvalue weighted by Crippen LogP contribution is 2.33. The van der Waals surface area contributed by atoms with Crippen molar-refractivity contribution in [2.75, 3.05) is 18.1 Å².